The third kappa shape index (κ3) is 3.89. The highest BCUT2D eigenvalue weighted by molar-refractivity contribution is 7.90. The molecular weight excluding hydrogens is 304 g/mol. The van der Waals surface area contributed by atoms with E-state index in [1.54, 1.807) is 0 Å². The predicted octanol–water partition coefficient (Wildman–Crippen LogP) is 4.31. The Morgan fingerprint density at radius 3 is 2.57 bits per heavy atom. The molecule has 1 aromatic carbocycles. The molecule has 2 aromatic rings. The Kier molecular flexibility index (Phi) is 4.83. The molecule has 0 aliphatic heterocycles. The molecule has 1 heterocycles. The van der Waals surface area contributed by atoms with Crippen LogP contribution in [-0.4, -0.2) is 14.3 Å². The number of halogens is 1. The van der Waals surface area contributed by atoms with Crippen molar-refractivity contribution >= 4 is 33.9 Å². The van der Waals surface area contributed by atoms with Gasteiger partial charge in [0.2, 0.25) is 0 Å². The van der Waals surface area contributed by atoms with Gasteiger partial charge in [-0.2, -0.15) is 0 Å². The van der Waals surface area contributed by atoms with Crippen molar-refractivity contribution in [3.63, 3.8) is 0 Å². The van der Waals surface area contributed by atoms with Gasteiger partial charge in [0.25, 0.3) is 0 Å². The molecule has 114 valence electrons. The second-order valence-electron chi connectivity index (χ2n) is 6.29. The minimum atomic E-state index is -1.15. The summed E-state index contributed by atoms with van der Waals surface area (Å²) in [5.74, 6) is 0. The number of aromatic nitrogens is 1. The molecule has 21 heavy (non-hydrogen) atoms. The maximum absolute atomic E-state index is 12.2. The Hall–Kier alpha value is -0.810. The van der Waals surface area contributed by atoms with E-state index in [9.17, 15) is 4.55 Å². The molecule has 2 atom stereocenters. The van der Waals surface area contributed by atoms with E-state index >= 15 is 0 Å². The van der Waals surface area contributed by atoms with E-state index in [2.05, 4.69) is 15.8 Å². The highest BCUT2D eigenvalue weighted by Gasteiger charge is 2.29. The first-order valence-corrected chi connectivity index (χ1v) is 8.46. The minimum absolute atomic E-state index is 0.130. The van der Waals surface area contributed by atoms with Crippen molar-refractivity contribution in [2.45, 2.75) is 45.4 Å². The highest BCUT2D eigenvalue weighted by Crippen LogP contribution is 2.28. The van der Waals surface area contributed by atoms with Crippen molar-refractivity contribution in [2.75, 3.05) is 0 Å². The van der Waals surface area contributed by atoms with E-state index in [-0.39, 0.29) is 10.8 Å². The number of pyridine rings is 1. The fraction of sp³-hybridized carbons (Fsp3) is 0.438. The van der Waals surface area contributed by atoms with Crippen LogP contribution >= 0.6 is 11.6 Å². The van der Waals surface area contributed by atoms with E-state index in [4.69, 9.17) is 11.6 Å². The Labute approximate surface area is 134 Å². The first-order valence-electron chi connectivity index (χ1n) is 6.93. The van der Waals surface area contributed by atoms with E-state index in [0.29, 0.717) is 5.15 Å². The number of nitrogens with one attached hydrogen (secondary N) is 1. The van der Waals surface area contributed by atoms with Crippen LogP contribution in [0, 0.1) is 6.92 Å². The van der Waals surface area contributed by atoms with Crippen LogP contribution in [0.1, 0.15) is 44.9 Å². The third-order valence-electron chi connectivity index (χ3n) is 3.26. The second kappa shape index (κ2) is 6.13. The zero-order valence-electron chi connectivity index (χ0n) is 13.0. The number of nitrogens with zero attached hydrogens (tertiary/aromatic N) is 1. The van der Waals surface area contributed by atoms with Crippen molar-refractivity contribution in [2.24, 2.45) is 0 Å². The summed E-state index contributed by atoms with van der Waals surface area (Å²) in [6, 6.07) is 7.95. The number of aryl methyl sites for hydroxylation is 1. The maximum atomic E-state index is 12.2. The normalized spacial score (nSPS) is 15.2. The van der Waals surface area contributed by atoms with Crippen LogP contribution < -0.4 is 4.72 Å². The van der Waals surface area contributed by atoms with Gasteiger partial charge < -0.3 is 4.55 Å². The Morgan fingerprint density at radius 2 is 1.95 bits per heavy atom. The third-order valence-corrected chi connectivity index (χ3v) is 5.24. The lowest BCUT2D eigenvalue weighted by Gasteiger charge is -2.26. The summed E-state index contributed by atoms with van der Waals surface area (Å²) in [5, 5.41) is 1.50. The molecule has 0 saturated heterocycles. The number of hydrogen-bond acceptors (Lipinski definition) is 3. The molecule has 5 heteroatoms. The first-order chi connectivity index (χ1) is 9.68. The molecule has 0 unspecified atom stereocenters. The van der Waals surface area contributed by atoms with E-state index < -0.39 is 11.4 Å². The summed E-state index contributed by atoms with van der Waals surface area (Å²) < 4.78 is 15.0. The quantitative estimate of drug-likeness (QED) is 0.676. The van der Waals surface area contributed by atoms with Crippen LogP contribution in [0.15, 0.2) is 24.3 Å². The van der Waals surface area contributed by atoms with Gasteiger partial charge in [0.05, 0.1) is 11.6 Å². The summed E-state index contributed by atoms with van der Waals surface area (Å²) in [7, 11) is 0. The van der Waals surface area contributed by atoms with Gasteiger partial charge in [-0.05, 0) is 52.8 Å². The summed E-state index contributed by atoms with van der Waals surface area (Å²) in [6.07, 6.45) is 0. The standard InChI is InChI=1S/C16H21ClN2OS/c1-10-6-7-14-12(8-10)9-13(15(17)18-14)11(2)19-21(20)16(3,4)5/h6-9,11,19H,1-5H3/t11-,21-/m1/s1. The monoisotopic (exact) mass is 324 g/mol. The summed E-state index contributed by atoms with van der Waals surface area (Å²) in [5.41, 5.74) is 2.92. The molecule has 2 rings (SSSR count). The van der Waals surface area contributed by atoms with Crippen LogP contribution in [0.25, 0.3) is 10.9 Å². The van der Waals surface area contributed by atoms with E-state index in [1.165, 1.54) is 5.56 Å². The van der Waals surface area contributed by atoms with Crippen LogP contribution in [0.2, 0.25) is 5.15 Å². The van der Waals surface area contributed by atoms with Crippen molar-refractivity contribution < 1.29 is 4.55 Å². The number of fused-ring (bicyclic) bond motifs is 1. The SMILES string of the molecule is Cc1ccc2nc(Cl)c([C@@H](C)N[S@+]([O-])C(C)(C)C)cc2c1. The second-order valence-corrected chi connectivity index (χ2v) is 8.64. The Bertz CT molecular complexity index is 655. The lowest BCUT2D eigenvalue weighted by molar-refractivity contribution is 0.531. The van der Waals surface area contributed by atoms with Crippen LogP contribution in [0.4, 0.5) is 0 Å². The molecule has 0 amide bonds. The van der Waals surface area contributed by atoms with E-state index in [1.807, 2.05) is 52.8 Å². The van der Waals surface area contributed by atoms with Gasteiger partial charge in [0.1, 0.15) is 9.90 Å². The zero-order chi connectivity index (χ0) is 15.8. The molecule has 0 bridgehead atoms. The van der Waals surface area contributed by atoms with Gasteiger partial charge in [-0.15, -0.1) is 4.72 Å². The van der Waals surface area contributed by atoms with Crippen molar-refractivity contribution in [3.05, 3.63) is 40.5 Å². The highest BCUT2D eigenvalue weighted by atomic mass is 35.5. The predicted molar refractivity (Wildman–Crippen MR) is 90.9 cm³/mol. The van der Waals surface area contributed by atoms with Gasteiger partial charge in [0.15, 0.2) is 0 Å². The topological polar surface area (TPSA) is 48.0 Å². The smallest absolute Gasteiger partial charge is 0.136 e. The molecule has 0 saturated carbocycles. The molecule has 0 fully saturated rings. The van der Waals surface area contributed by atoms with Gasteiger partial charge in [-0.3, -0.25) is 0 Å². The average molecular weight is 325 g/mol. The molecular formula is C16H21ClN2OS. The molecule has 3 nitrogen and oxygen atoms in total. The lowest BCUT2D eigenvalue weighted by atomic mass is 10.1. The largest absolute Gasteiger partial charge is 0.598 e. The number of hydrogen-bond donors (Lipinski definition) is 1. The molecule has 1 aromatic heterocycles. The number of rotatable bonds is 3. The molecule has 1 N–H and O–H groups in total. The average Bonchev–Trinajstić information content (AvgIpc) is 2.37. The summed E-state index contributed by atoms with van der Waals surface area (Å²) in [4.78, 5) is 4.43. The van der Waals surface area contributed by atoms with Crippen molar-refractivity contribution in [1.29, 1.82) is 0 Å². The van der Waals surface area contributed by atoms with Gasteiger partial charge >= 0.3 is 0 Å². The number of benzene rings is 1. The van der Waals surface area contributed by atoms with E-state index in [0.717, 1.165) is 16.5 Å². The first kappa shape index (κ1) is 16.6. The lowest BCUT2D eigenvalue weighted by Crippen LogP contribution is -2.40. The molecule has 0 radical (unpaired) electrons. The fourth-order valence-corrected chi connectivity index (χ4v) is 3.10. The summed E-state index contributed by atoms with van der Waals surface area (Å²) in [6.45, 7) is 9.81. The minimum Gasteiger partial charge on any atom is -0.598 e. The molecule has 0 aliphatic rings. The van der Waals surface area contributed by atoms with Gasteiger partial charge in [-0.25, -0.2) is 4.98 Å². The van der Waals surface area contributed by atoms with Crippen molar-refractivity contribution in [1.82, 2.24) is 9.71 Å². The van der Waals surface area contributed by atoms with Crippen molar-refractivity contribution in [3.8, 4) is 0 Å². The van der Waals surface area contributed by atoms with Crippen LogP contribution in [0.3, 0.4) is 0 Å². The maximum Gasteiger partial charge on any atom is 0.136 e. The van der Waals surface area contributed by atoms with Crippen LogP contribution in [0.5, 0.6) is 0 Å². The Balaban J connectivity index is 2.34. The Morgan fingerprint density at radius 1 is 1.29 bits per heavy atom. The van der Waals surface area contributed by atoms with Gasteiger partial charge in [0, 0.05) is 22.3 Å². The van der Waals surface area contributed by atoms with Gasteiger partial charge in [-0.1, -0.05) is 23.2 Å². The fourth-order valence-electron chi connectivity index (χ4n) is 1.99. The summed E-state index contributed by atoms with van der Waals surface area (Å²) >= 11 is 5.13. The molecule has 0 aliphatic carbocycles. The zero-order valence-corrected chi connectivity index (χ0v) is 14.6. The van der Waals surface area contributed by atoms with Crippen LogP contribution in [-0.2, 0) is 11.4 Å². The molecule has 0 spiro atoms.